The van der Waals surface area contributed by atoms with Gasteiger partial charge in [0.15, 0.2) is 5.75 Å². The molecular weight excluding hydrogens is 245 g/mol. The number of ether oxygens (including phenoxy) is 1. The second-order valence-electron chi connectivity index (χ2n) is 4.34. The van der Waals surface area contributed by atoms with Gasteiger partial charge in [0.25, 0.3) is 0 Å². The zero-order valence-corrected chi connectivity index (χ0v) is 10.9. The molecule has 1 fully saturated rings. The molecule has 0 saturated carbocycles. The first-order valence-corrected chi connectivity index (χ1v) is 6.18. The van der Waals surface area contributed by atoms with Gasteiger partial charge in [0.2, 0.25) is 0 Å². The first kappa shape index (κ1) is 12.0. The SMILES string of the molecule is CC(C)N1CC(Oc2c(Cl)cccc2Cl)C1. The van der Waals surface area contributed by atoms with Crippen molar-refractivity contribution in [3.8, 4) is 5.75 Å². The van der Waals surface area contributed by atoms with E-state index in [1.54, 1.807) is 12.1 Å². The average molecular weight is 260 g/mol. The topological polar surface area (TPSA) is 12.5 Å². The van der Waals surface area contributed by atoms with Crippen LogP contribution in [0.3, 0.4) is 0 Å². The second kappa shape index (κ2) is 4.82. The summed E-state index contributed by atoms with van der Waals surface area (Å²) < 4.78 is 5.79. The third kappa shape index (κ3) is 2.45. The second-order valence-corrected chi connectivity index (χ2v) is 5.15. The van der Waals surface area contributed by atoms with Crippen LogP contribution in [0.1, 0.15) is 13.8 Å². The van der Waals surface area contributed by atoms with Crippen molar-refractivity contribution in [2.24, 2.45) is 0 Å². The van der Waals surface area contributed by atoms with Gasteiger partial charge in [0, 0.05) is 19.1 Å². The number of rotatable bonds is 3. The molecule has 1 heterocycles. The number of likely N-dealkylation sites (tertiary alicyclic amines) is 1. The van der Waals surface area contributed by atoms with Crippen molar-refractivity contribution >= 4 is 23.2 Å². The molecule has 2 nitrogen and oxygen atoms in total. The standard InChI is InChI=1S/C12H15Cl2NO/c1-8(2)15-6-9(7-15)16-12-10(13)4-3-5-11(12)14/h3-5,8-9H,6-7H2,1-2H3. The monoisotopic (exact) mass is 259 g/mol. The first-order valence-electron chi connectivity index (χ1n) is 5.42. The molecular formula is C12H15Cl2NO. The highest BCUT2D eigenvalue weighted by Gasteiger charge is 2.30. The highest BCUT2D eigenvalue weighted by Crippen LogP contribution is 2.34. The van der Waals surface area contributed by atoms with Gasteiger partial charge in [-0.05, 0) is 26.0 Å². The molecule has 0 unspecified atom stereocenters. The highest BCUT2D eigenvalue weighted by molar-refractivity contribution is 6.37. The summed E-state index contributed by atoms with van der Waals surface area (Å²) in [6, 6.07) is 5.98. The Hall–Kier alpha value is -0.440. The van der Waals surface area contributed by atoms with Crippen LogP contribution >= 0.6 is 23.2 Å². The van der Waals surface area contributed by atoms with Gasteiger partial charge < -0.3 is 4.74 Å². The van der Waals surface area contributed by atoms with Crippen molar-refractivity contribution in [1.82, 2.24) is 4.90 Å². The maximum absolute atomic E-state index is 6.03. The van der Waals surface area contributed by atoms with E-state index in [0.717, 1.165) is 13.1 Å². The van der Waals surface area contributed by atoms with Crippen LogP contribution in [0.5, 0.6) is 5.75 Å². The predicted molar refractivity (Wildman–Crippen MR) is 67.6 cm³/mol. The first-order chi connectivity index (χ1) is 7.58. The largest absolute Gasteiger partial charge is 0.485 e. The maximum Gasteiger partial charge on any atom is 0.157 e. The molecule has 4 heteroatoms. The molecule has 1 saturated heterocycles. The molecule has 0 amide bonds. The third-order valence-corrected chi connectivity index (χ3v) is 3.41. The van der Waals surface area contributed by atoms with Crippen molar-refractivity contribution in [2.75, 3.05) is 13.1 Å². The van der Waals surface area contributed by atoms with Crippen molar-refractivity contribution in [3.63, 3.8) is 0 Å². The molecule has 1 aromatic carbocycles. The summed E-state index contributed by atoms with van der Waals surface area (Å²) in [5, 5.41) is 1.16. The van der Waals surface area contributed by atoms with Crippen LogP contribution in [0.25, 0.3) is 0 Å². The molecule has 0 radical (unpaired) electrons. The Kier molecular flexibility index (Phi) is 3.63. The molecule has 0 aromatic heterocycles. The summed E-state index contributed by atoms with van der Waals surface area (Å²) in [7, 11) is 0. The number of benzene rings is 1. The molecule has 1 aliphatic heterocycles. The number of hydrogen-bond acceptors (Lipinski definition) is 2. The van der Waals surface area contributed by atoms with Gasteiger partial charge in [-0.2, -0.15) is 0 Å². The summed E-state index contributed by atoms with van der Waals surface area (Å²) in [5.41, 5.74) is 0. The van der Waals surface area contributed by atoms with Crippen LogP contribution in [0.2, 0.25) is 10.0 Å². The van der Waals surface area contributed by atoms with E-state index < -0.39 is 0 Å². The zero-order chi connectivity index (χ0) is 11.7. The highest BCUT2D eigenvalue weighted by atomic mass is 35.5. The summed E-state index contributed by atoms with van der Waals surface area (Å²) in [6.07, 6.45) is 0.208. The smallest absolute Gasteiger partial charge is 0.157 e. The Bertz CT molecular complexity index is 355. The van der Waals surface area contributed by atoms with Crippen LogP contribution in [0.4, 0.5) is 0 Å². The number of hydrogen-bond donors (Lipinski definition) is 0. The van der Waals surface area contributed by atoms with E-state index >= 15 is 0 Å². The molecule has 0 N–H and O–H groups in total. The zero-order valence-electron chi connectivity index (χ0n) is 9.41. The fraction of sp³-hybridized carbons (Fsp3) is 0.500. The molecule has 0 bridgehead atoms. The molecule has 16 heavy (non-hydrogen) atoms. The van der Waals surface area contributed by atoms with Gasteiger partial charge >= 0.3 is 0 Å². The number of halogens is 2. The van der Waals surface area contributed by atoms with Gasteiger partial charge in [0.1, 0.15) is 6.10 Å². The Balaban J connectivity index is 1.96. The molecule has 1 aromatic rings. The third-order valence-electron chi connectivity index (χ3n) is 2.81. The van der Waals surface area contributed by atoms with E-state index in [2.05, 4.69) is 18.7 Å². The lowest BCUT2D eigenvalue weighted by molar-refractivity contribution is 0.000260. The summed E-state index contributed by atoms with van der Waals surface area (Å²) in [4.78, 5) is 2.34. The van der Waals surface area contributed by atoms with Crippen molar-refractivity contribution < 1.29 is 4.74 Å². The van der Waals surface area contributed by atoms with E-state index in [1.165, 1.54) is 0 Å². The lowest BCUT2D eigenvalue weighted by atomic mass is 10.1. The summed E-state index contributed by atoms with van der Waals surface area (Å²) >= 11 is 12.1. The van der Waals surface area contributed by atoms with E-state index in [4.69, 9.17) is 27.9 Å². The van der Waals surface area contributed by atoms with Crippen molar-refractivity contribution in [2.45, 2.75) is 26.0 Å². The Morgan fingerprint density at radius 3 is 2.31 bits per heavy atom. The number of para-hydroxylation sites is 1. The fourth-order valence-corrected chi connectivity index (χ4v) is 2.21. The summed E-state index contributed by atoms with van der Waals surface area (Å²) in [5.74, 6) is 0.610. The quantitative estimate of drug-likeness (QED) is 0.825. The van der Waals surface area contributed by atoms with E-state index in [-0.39, 0.29) is 6.10 Å². The van der Waals surface area contributed by atoms with Crippen LogP contribution in [-0.2, 0) is 0 Å². The average Bonchev–Trinajstić information content (AvgIpc) is 2.13. The lowest BCUT2D eigenvalue weighted by Gasteiger charge is -2.41. The maximum atomic E-state index is 6.03. The van der Waals surface area contributed by atoms with Crippen molar-refractivity contribution in [3.05, 3.63) is 28.2 Å². The Morgan fingerprint density at radius 2 is 1.81 bits per heavy atom. The molecule has 0 spiro atoms. The normalized spacial score (nSPS) is 17.6. The fourth-order valence-electron chi connectivity index (χ4n) is 1.73. The van der Waals surface area contributed by atoms with Crippen LogP contribution in [0, 0.1) is 0 Å². The van der Waals surface area contributed by atoms with Crippen LogP contribution < -0.4 is 4.74 Å². The van der Waals surface area contributed by atoms with Crippen LogP contribution in [0.15, 0.2) is 18.2 Å². The van der Waals surface area contributed by atoms with Gasteiger partial charge in [-0.15, -0.1) is 0 Å². The molecule has 1 aliphatic rings. The van der Waals surface area contributed by atoms with Gasteiger partial charge in [-0.1, -0.05) is 29.3 Å². The van der Waals surface area contributed by atoms with Gasteiger partial charge in [-0.3, -0.25) is 4.90 Å². The molecule has 0 aliphatic carbocycles. The van der Waals surface area contributed by atoms with E-state index in [1.807, 2.05) is 6.07 Å². The summed E-state index contributed by atoms with van der Waals surface area (Å²) in [6.45, 7) is 6.25. The minimum absolute atomic E-state index is 0.208. The Morgan fingerprint density at radius 1 is 1.25 bits per heavy atom. The minimum atomic E-state index is 0.208. The Labute approximate surface area is 106 Å². The van der Waals surface area contributed by atoms with E-state index in [0.29, 0.717) is 21.8 Å². The lowest BCUT2D eigenvalue weighted by Crippen LogP contribution is -2.56. The van der Waals surface area contributed by atoms with Gasteiger partial charge in [0.05, 0.1) is 10.0 Å². The predicted octanol–water partition coefficient (Wildman–Crippen LogP) is 3.46. The van der Waals surface area contributed by atoms with Crippen LogP contribution in [-0.4, -0.2) is 30.1 Å². The van der Waals surface area contributed by atoms with E-state index in [9.17, 15) is 0 Å². The molecule has 0 atom stereocenters. The van der Waals surface area contributed by atoms with Gasteiger partial charge in [-0.25, -0.2) is 0 Å². The minimum Gasteiger partial charge on any atom is -0.485 e. The molecule has 88 valence electrons. The van der Waals surface area contributed by atoms with Crippen molar-refractivity contribution in [1.29, 1.82) is 0 Å². The number of nitrogens with zero attached hydrogens (tertiary/aromatic N) is 1. The molecule has 2 rings (SSSR count).